The second kappa shape index (κ2) is 8.96. The first-order chi connectivity index (χ1) is 7.11. The Morgan fingerprint density at radius 1 is 1.40 bits per heavy atom. The van der Waals surface area contributed by atoms with Gasteiger partial charge in [0.15, 0.2) is 0 Å². The van der Waals surface area contributed by atoms with Crippen molar-refractivity contribution in [2.75, 3.05) is 12.3 Å². The monoisotopic (exact) mass is 235 g/mol. The topological polar surface area (TPSA) is 101 Å². The molecule has 6 N–H and O–H groups in total. The van der Waals surface area contributed by atoms with Crippen LogP contribution in [0.3, 0.4) is 0 Å². The third-order valence-corrected chi connectivity index (χ3v) is 2.42. The molecule has 0 saturated heterocycles. The molecule has 6 heteroatoms. The molecule has 0 rings (SSSR count). The van der Waals surface area contributed by atoms with Crippen molar-refractivity contribution in [2.45, 2.75) is 38.0 Å². The lowest BCUT2D eigenvalue weighted by atomic mass is 10.2. The minimum atomic E-state index is -0.818. The van der Waals surface area contributed by atoms with Gasteiger partial charge < -0.3 is 21.9 Å². The molecular weight excluding hydrogens is 214 g/mol. The van der Waals surface area contributed by atoms with Gasteiger partial charge in [-0.1, -0.05) is 6.42 Å². The average Bonchev–Trinajstić information content (AvgIpc) is 2.23. The lowest BCUT2D eigenvalue weighted by molar-refractivity contribution is -0.124. The molecule has 0 aliphatic carbocycles. The van der Waals surface area contributed by atoms with Crippen LogP contribution in [0.15, 0.2) is 0 Å². The van der Waals surface area contributed by atoms with E-state index in [9.17, 15) is 9.90 Å². The highest BCUT2D eigenvalue weighted by atomic mass is 32.1. The lowest BCUT2D eigenvalue weighted by Gasteiger charge is -2.15. The molecule has 0 aromatic carbocycles. The maximum absolute atomic E-state index is 11.2. The van der Waals surface area contributed by atoms with Crippen molar-refractivity contribution in [3.05, 3.63) is 0 Å². The molecule has 5 nitrogen and oxygen atoms in total. The number of amides is 1. The second-order valence-corrected chi connectivity index (χ2v) is 3.82. The van der Waals surface area contributed by atoms with Gasteiger partial charge in [0.1, 0.15) is 6.23 Å². The lowest BCUT2D eigenvalue weighted by Crippen LogP contribution is -2.46. The number of nitrogens with one attached hydrogen (secondary N) is 1. The standard InChI is InChI=1S/C9H21N3O2S/c10-5-3-1-2-4-8(13)12-9(14)7(11)6-15/h7-8,13,15H,1-6,10-11H2,(H,12,14)/t7-,8?/m0/s1. The zero-order valence-corrected chi connectivity index (χ0v) is 9.75. The van der Waals surface area contributed by atoms with Gasteiger partial charge in [-0.3, -0.25) is 4.79 Å². The summed E-state index contributed by atoms with van der Waals surface area (Å²) in [7, 11) is 0. The van der Waals surface area contributed by atoms with Crippen LogP contribution in [0.4, 0.5) is 0 Å². The number of aliphatic hydroxyl groups is 1. The van der Waals surface area contributed by atoms with Crippen LogP contribution in [0.2, 0.25) is 0 Å². The largest absolute Gasteiger partial charge is 0.374 e. The Labute approximate surface area is 96.0 Å². The Hall–Kier alpha value is -0.300. The number of carbonyl (C=O) groups excluding carboxylic acids is 1. The number of unbranched alkanes of at least 4 members (excludes halogenated alkanes) is 2. The zero-order valence-electron chi connectivity index (χ0n) is 8.85. The molecule has 0 saturated carbocycles. The number of carbonyl (C=O) groups is 1. The van der Waals surface area contributed by atoms with E-state index in [2.05, 4.69) is 17.9 Å². The summed E-state index contributed by atoms with van der Waals surface area (Å²) in [5, 5.41) is 11.8. The predicted octanol–water partition coefficient (Wildman–Crippen LogP) is -0.803. The zero-order chi connectivity index (χ0) is 11.7. The normalized spacial score (nSPS) is 14.7. The number of hydrogen-bond donors (Lipinski definition) is 5. The van der Waals surface area contributed by atoms with Crippen LogP contribution >= 0.6 is 12.6 Å². The van der Waals surface area contributed by atoms with Gasteiger partial charge in [0.2, 0.25) is 5.91 Å². The number of thiol groups is 1. The molecule has 0 spiro atoms. The van der Waals surface area contributed by atoms with Gasteiger partial charge in [0.05, 0.1) is 6.04 Å². The molecule has 2 atom stereocenters. The van der Waals surface area contributed by atoms with E-state index in [-0.39, 0.29) is 11.7 Å². The van der Waals surface area contributed by atoms with Gasteiger partial charge in [0, 0.05) is 5.75 Å². The molecule has 0 aromatic rings. The first kappa shape index (κ1) is 14.7. The van der Waals surface area contributed by atoms with Gasteiger partial charge in [0.25, 0.3) is 0 Å². The third-order valence-electron chi connectivity index (χ3n) is 2.02. The second-order valence-electron chi connectivity index (χ2n) is 3.45. The maximum atomic E-state index is 11.2. The molecule has 1 unspecified atom stereocenters. The highest BCUT2D eigenvalue weighted by Gasteiger charge is 2.14. The molecular formula is C9H21N3O2S. The van der Waals surface area contributed by atoms with E-state index in [0.29, 0.717) is 13.0 Å². The van der Waals surface area contributed by atoms with Gasteiger partial charge in [-0.25, -0.2) is 0 Å². The van der Waals surface area contributed by atoms with E-state index in [1.165, 1.54) is 0 Å². The third kappa shape index (κ3) is 7.61. The highest BCUT2D eigenvalue weighted by Crippen LogP contribution is 2.01. The van der Waals surface area contributed by atoms with Crippen LogP contribution in [0.5, 0.6) is 0 Å². The van der Waals surface area contributed by atoms with Crippen molar-refractivity contribution in [1.29, 1.82) is 0 Å². The van der Waals surface area contributed by atoms with Gasteiger partial charge >= 0.3 is 0 Å². The predicted molar refractivity (Wildman–Crippen MR) is 63.5 cm³/mol. The first-order valence-corrected chi connectivity index (χ1v) is 5.80. The summed E-state index contributed by atoms with van der Waals surface area (Å²) in [6, 6.07) is -0.660. The molecule has 0 radical (unpaired) electrons. The molecule has 0 aliphatic heterocycles. The van der Waals surface area contributed by atoms with Gasteiger partial charge in [-0.05, 0) is 25.8 Å². The maximum Gasteiger partial charge on any atom is 0.239 e. The fraction of sp³-hybridized carbons (Fsp3) is 0.889. The van der Waals surface area contributed by atoms with Crippen molar-refractivity contribution in [2.24, 2.45) is 11.5 Å². The van der Waals surface area contributed by atoms with Crippen molar-refractivity contribution in [3.63, 3.8) is 0 Å². The molecule has 0 aliphatic rings. The van der Waals surface area contributed by atoms with E-state index in [0.717, 1.165) is 19.3 Å². The Kier molecular flexibility index (Phi) is 8.79. The minimum Gasteiger partial charge on any atom is -0.374 e. The quantitative estimate of drug-likeness (QED) is 0.216. The highest BCUT2D eigenvalue weighted by molar-refractivity contribution is 7.80. The van der Waals surface area contributed by atoms with E-state index in [1.54, 1.807) is 0 Å². The average molecular weight is 235 g/mol. The molecule has 15 heavy (non-hydrogen) atoms. The summed E-state index contributed by atoms with van der Waals surface area (Å²) in [5.41, 5.74) is 10.8. The minimum absolute atomic E-state index is 0.270. The van der Waals surface area contributed by atoms with Gasteiger partial charge in [-0.2, -0.15) is 12.6 Å². The van der Waals surface area contributed by atoms with Crippen LogP contribution in [-0.4, -0.2) is 35.6 Å². The van der Waals surface area contributed by atoms with Crippen LogP contribution in [0, 0.1) is 0 Å². The molecule has 0 fully saturated rings. The SMILES string of the molecule is NCCCCCC(O)NC(=O)[C@@H](N)CS. The smallest absolute Gasteiger partial charge is 0.239 e. The molecule has 0 heterocycles. The summed E-state index contributed by atoms with van der Waals surface area (Å²) in [4.78, 5) is 11.2. The van der Waals surface area contributed by atoms with Crippen LogP contribution in [0.25, 0.3) is 0 Å². The Morgan fingerprint density at radius 2 is 2.07 bits per heavy atom. The van der Waals surface area contributed by atoms with Crippen molar-refractivity contribution in [1.82, 2.24) is 5.32 Å². The van der Waals surface area contributed by atoms with E-state index < -0.39 is 12.3 Å². The van der Waals surface area contributed by atoms with Crippen molar-refractivity contribution in [3.8, 4) is 0 Å². The van der Waals surface area contributed by atoms with Crippen LogP contribution < -0.4 is 16.8 Å². The fourth-order valence-corrected chi connectivity index (χ4v) is 1.25. The Balaban J connectivity index is 3.55. The summed E-state index contributed by atoms with van der Waals surface area (Å²) >= 11 is 3.89. The fourth-order valence-electron chi connectivity index (χ4n) is 1.09. The van der Waals surface area contributed by atoms with E-state index >= 15 is 0 Å². The van der Waals surface area contributed by atoms with Gasteiger partial charge in [-0.15, -0.1) is 0 Å². The summed E-state index contributed by atoms with van der Waals surface area (Å²) < 4.78 is 0. The van der Waals surface area contributed by atoms with Crippen LogP contribution in [0.1, 0.15) is 25.7 Å². The van der Waals surface area contributed by atoms with Crippen molar-refractivity contribution < 1.29 is 9.90 Å². The van der Waals surface area contributed by atoms with E-state index in [1.807, 2.05) is 0 Å². The number of rotatable bonds is 8. The Morgan fingerprint density at radius 3 is 2.60 bits per heavy atom. The van der Waals surface area contributed by atoms with E-state index in [4.69, 9.17) is 11.5 Å². The number of hydrogen-bond acceptors (Lipinski definition) is 5. The number of aliphatic hydroxyl groups excluding tert-OH is 1. The molecule has 90 valence electrons. The number of nitrogens with two attached hydrogens (primary N) is 2. The van der Waals surface area contributed by atoms with Crippen LogP contribution in [-0.2, 0) is 4.79 Å². The molecule has 0 bridgehead atoms. The molecule has 0 aromatic heterocycles. The first-order valence-electron chi connectivity index (χ1n) is 5.16. The Bertz CT molecular complexity index is 181. The van der Waals surface area contributed by atoms with Crippen molar-refractivity contribution >= 4 is 18.5 Å². The summed E-state index contributed by atoms with van der Waals surface area (Å²) in [5.74, 6) is -0.0949. The molecule has 1 amide bonds. The summed E-state index contributed by atoms with van der Waals surface area (Å²) in [6.45, 7) is 0.660. The summed E-state index contributed by atoms with van der Waals surface area (Å²) in [6.07, 6.45) is 2.46.